The van der Waals surface area contributed by atoms with Gasteiger partial charge in [-0.05, 0) is 25.7 Å². The van der Waals surface area contributed by atoms with Crippen LogP contribution in [-0.2, 0) is 36.1 Å². The maximum Gasteiger partial charge on any atom is 0.362 e. The predicted molar refractivity (Wildman–Crippen MR) is 161 cm³/mol. The molecule has 3 aliphatic carbocycles. The van der Waals surface area contributed by atoms with Crippen LogP contribution in [-0.4, -0.2) is 95.2 Å². The predicted octanol–water partition coefficient (Wildman–Crippen LogP) is -1.13. The van der Waals surface area contributed by atoms with Crippen LogP contribution >= 0.6 is 11.3 Å². The summed E-state index contributed by atoms with van der Waals surface area (Å²) in [6.07, 6.45) is 2.80. The Morgan fingerprint density at radius 1 is 1.15 bits per heavy atom. The van der Waals surface area contributed by atoms with Crippen molar-refractivity contribution in [2.24, 2.45) is 10.6 Å². The van der Waals surface area contributed by atoms with Gasteiger partial charge in [0.15, 0.2) is 16.6 Å². The van der Waals surface area contributed by atoms with Crippen molar-refractivity contribution < 1.29 is 52.4 Å². The van der Waals surface area contributed by atoms with Gasteiger partial charge in [-0.25, -0.2) is 18.9 Å². The molecule has 0 aromatic carbocycles. The van der Waals surface area contributed by atoms with Gasteiger partial charge in [0.05, 0.1) is 35.4 Å². The zero-order valence-electron chi connectivity index (χ0n) is 24.8. The van der Waals surface area contributed by atoms with Crippen LogP contribution in [0.5, 0.6) is 5.75 Å². The molecule has 3 saturated carbocycles. The van der Waals surface area contributed by atoms with E-state index in [1.54, 1.807) is 0 Å². The van der Waals surface area contributed by atoms with Gasteiger partial charge in [-0.3, -0.25) is 18.9 Å². The average Bonchev–Trinajstić information content (AvgIpc) is 3.89. The molecule has 20 nitrogen and oxygen atoms in total. The van der Waals surface area contributed by atoms with E-state index in [0.29, 0.717) is 17.6 Å². The second kappa shape index (κ2) is 11.3. The highest BCUT2D eigenvalue weighted by Gasteiger charge is 2.93. The molecule has 4 amide bonds. The van der Waals surface area contributed by atoms with Gasteiger partial charge in [-0.15, -0.1) is 11.3 Å². The van der Waals surface area contributed by atoms with Crippen molar-refractivity contribution in [3.63, 3.8) is 0 Å². The number of carboxylic acids is 1. The molecular formula is C26H30N8O12S2. The number of amides is 4. The van der Waals surface area contributed by atoms with Gasteiger partial charge in [0, 0.05) is 30.3 Å². The van der Waals surface area contributed by atoms with Gasteiger partial charge < -0.3 is 41.9 Å². The van der Waals surface area contributed by atoms with Crippen LogP contribution in [0.4, 0.5) is 9.93 Å². The van der Waals surface area contributed by atoms with Crippen molar-refractivity contribution >= 4 is 56.3 Å². The number of anilines is 1. The number of aromatic nitrogens is 2. The quantitative estimate of drug-likeness (QED) is 0.0476. The van der Waals surface area contributed by atoms with Crippen molar-refractivity contribution in [1.29, 1.82) is 0 Å². The summed E-state index contributed by atoms with van der Waals surface area (Å²) in [5.74, 6) is -3.90. The molecule has 2 aromatic heterocycles. The fourth-order valence-electron chi connectivity index (χ4n) is 6.77. The van der Waals surface area contributed by atoms with E-state index in [9.17, 15) is 52.4 Å². The number of thiazole rings is 1. The summed E-state index contributed by atoms with van der Waals surface area (Å²) < 4.78 is 35.0. The Kier molecular flexibility index (Phi) is 7.78. The number of fused-ring (bicyclic) bond motifs is 1. The number of aliphatic carboxylic acids is 1. The summed E-state index contributed by atoms with van der Waals surface area (Å²) in [7, 11) is -5.09. The number of β-lactam (4-membered cyclic amide) rings is 1. The molecule has 1 saturated heterocycles. The average molecular weight is 711 g/mol. The standard InChI is InChI=1S/C26H30N8O12S2/c27-22-29-13(11-47-22)18(32-46-24(21(39)40)4-2-1-3-5-24)19(37)30-16-7-25(16)20(38)34(48(43,44)45)26(25)8-17(26)31-23(41)28-9-12-6-14(35)15(36)10-33(12)42/h6,10-11,16-17,36,42H,1-5,7-9H2,(H2,27,29)(H,30,37)(H,39,40)(H2,28,31,41)(H,43,44,45)/b32-18-/t16?,17-,25-,26?/m1/s1. The molecule has 4 atom stereocenters. The van der Waals surface area contributed by atoms with E-state index in [0.717, 1.165) is 30.0 Å². The normalized spacial score (nSPS) is 27.2. The third-order valence-electron chi connectivity index (χ3n) is 9.30. The van der Waals surface area contributed by atoms with Gasteiger partial charge in [-0.1, -0.05) is 11.6 Å². The Bertz CT molecular complexity index is 1920. The number of urea groups is 1. The van der Waals surface area contributed by atoms with Crippen molar-refractivity contribution in [2.45, 2.75) is 74.7 Å². The Morgan fingerprint density at radius 3 is 2.48 bits per heavy atom. The van der Waals surface area contributed by atoms with Crippen LogP contribution in [0.15, 0.2) is 27.6 Å². The monoisotopic (exact) mass is 710 g/mol. The minimum absolute atomic E-state index is 0.0279. The topological polar surface area (TPSA) is 305 Å². The first-order valence-corrected chi connectivity index (χ1v) is 16.9. The van der Waals surface area contributed by atoms with Gasteiger partial charge in [0.2, 0.25) is 16.9 Å². The zero-order valence-corrected chi connectivity index (χ0v) is 26.4. The van der Waals surface area contributed by atoms with Crippen LogP contribution in [0.25, 0.3) is 0 Å². The third kappa shape index (κ3) is 5.24. The number of carboxylic acid groups (broad SMARTS) is 1. The van der Waals surface area contributed by atoms with E-state index in [1.807, 2.05) is 0 Å². The Morgan fingerprint density at radius 2 is 1.85 bits per heavy atom. The summed E-state index contributed by atoms with van der Waals surface area (Å²) in [5, 5.41) is 42.0. The number of rotatable bonds is 10. The second-order valence-electron chi connectivity index (χ2n) is 12.1. The summed E-state index contributed by atoms with van der Waals surface area (Å²) in [6, 6.07) is -2.00. The second-order valence-corrected chi connectivity index (χ2v) is 14.2. The molecule has 0 bridgehead atoms. The molecule has 258 valence electrons. The van der Waals surface area contributed by atoms with Crippen LogP contribution in [0, 0.1) is 5.41 Å². The Balaban J connectivity index is 1.19. The lowest BCUT2D eigenvalue weighted by molar-refractivity contribution is -0.171. The molecule has 9 N–H and O–H groups in total. The van der Waals surface area contributed by atoms with Gasteiger partial charge in [0.25, 0.3) is 5.91 Å². The highest BCUT2D eigenvalue weighted by molar-refractivity contribution is 7.84. The number of nitrogens with one attached hydrogen (secondary N) is 3. The lowest BCUT2D eigenvalue weighted by Gasteiger charge is -2.47. The van der Waals surface area contributed by atoms with Crippen molar-refractivity contribution in [1.82, 2.24) is 30.0 Å². The SMILES string of the molecule is Nc1nc(/C(=N/OC2(C(=O)O)CCCCC2)C(=O)NC2C[C@]23C(=O)N(S(=O)(=O)O)C32C[C@H]2NC(=O)NCc2cc(=O)c(O)cn2O)cs1. The minimum Gasteiger partial charge on any atom is -0.503 e. The summed E-state index contributed by atoms with van der Waals surface area (Å²) in [5.41, 5.74) is -0.444. The van der Waals surface area contributed by atoms with Gasteiger partial charge in [0.1, 0.15) is 5.69 Å². The summed E-state index contributed by atoms with van der Waals surface area (Å²) >= 11 is 0.981. The number of carbonyl (C=O) groups excluding carboxylic acids is 3. The molecule has 1 aliphatic heterocycles. The molecule has 0 radical (unpaired) electrons. The Labute approximate surface area is 274 Å². The first kappa shape index (κ1) is 33.0. The number of oxime groups is 1. The van der Waals surface area contributed by atoms with E-state index in [-0.39, 0.29) is 46.5 Å². The van der Waals surface area contributed by atoms with E-state index >= 15 is 0 Å². The number of nitrogens with zero attached hydrogens (tertiary/aromatic N) is 4. The number of nitrogens with two attached hydrogens (primary N) is 1. The Hall–Kier alpha value is -4.96. The van der Waals surface area contributed by atoms with Crippen molar-refractivity contribution in [3.05, 3.63) is 39.3 Å². The van der Waals surface area contributed by atoms with Crippen LogP contribution < -0.4 is 27.1 Å². The molecule has 2 aromatic rings. The lowest BCUT2D eigenvalue weighted by Crippen LogP contribution is -2.71. The number of hydrogen-bond acceptors (Lipinski definition) is 14. The molecule has 2 spiro atoms. The number of pyridine rings is 1. The fourth-order valence-corrected chi connectivity index (χ4v) is 8.47. The van der Waals surface area contributed by atoms with Gasteiger partial charge >= 0.3 is 22.3 Å². The molecule has 22 heteroatoms. The fraction of sp³-hybridized carbons (Fsp3) is 0.500. The lowest BCUT2D eigenvalue weighted by atomic mass is 9.82. The minimum atomic E-state index is -5.09. The van der Waals surface area contributed by atoms with E-state index in [2.05, 4.69) is 26.1 Å². The maximum atomic E-state index is 13.6. The van der Waals surface area contributed by atoms with E-state index in [1.165, 1.54) is 5.38 Å². The highest BCUT2D eigenvalue weighted by Crippen LogP contribution is 2.74. The van der Waals surface area contributed by atoms with E-state index in [4.69, 9.17) is 10.6 Å². The molecule has 4 aliphatic rings. The largest absolute Gasteiger partial charge is 0.503 e. The number of aromatic hydroxyl groups is 1. The molecule has 2 unspecified atom stereocenters. The van der Waals surface area contributed by atoms with Crippen LogP contribution in [0.3, 0.4) is 0 Å². The molecule has 6 rings (SSSR count). The first-order valence-electron chi connectivity index (χ1n) is 14.6. The maximum absolute atomic E-state index is 13.6. The van der Waals surface area contributed by atoms with Gasteiger partial charge in [-0.2, -0.15) is 13.1 Å². The zero-order chi connectivity index (χ0) is 34.8. The van der Waals surface area contributed by atoms with Crippen molar-refractivity contribution in [3.8, 4) is 5.75 Å². The molecular weight excluding hydrogens is 680 g/mol. The summed E-state index contributed by atoms with van der Waals surface area (Å²) in [6.45, 7) is -0.392. The number of nitrogen functional groups attached to an aromatic ring is 1. The van der Waals surface area contributed by atoms with Crippen LogP contribution in [0.2, 0.25) is 0 Å². The number of hydrogen-bond donors (Lipinski definition) is 8. The molecule has 48 heavy (non-hydrogen) atoms. The first-order chi connectivity index (χ1) is 22.6. The van der Waals surface area contributed by atoms with Crippen LogP contribution in [0.1, 0.15) is 56.3 Å². The smallest absolute Gasteiger partial charge is 0.362 e. The molecule has 3 heterocycles. The highest BCUT2D eigenvalue weighted by atomic mass is 32.2. The van der Waals surface area contributed by atoms with E-state index < -0.39 is 86.2 Å². The van der Waals surface area contributed by atoms with Crippen molar-refractivity contribution in [2.75, 3.05) is 5.73 Å². The molecule has 4 fully saturated rings. The third-order valence-corrected chi connectivity index (χ3v) is 10.9. The number of carbonyl (C=O) groups is 4. The summed E-state index contributed by atoms with van der Waals surface area (Å²) in [4.78, 5) is 72.8.